The fourth-order valence-corrected chi connectivity index (χ4v) is 5.71. The van der Waals surface area contributed by atoms with Gasteiger partial charge in [-0.1, -0.05) is 48.5 Å². The first kappa shape index (κ1) is 22.3. The zero-order valence-electron chi connectivity index (χ0n) is 18.6. The van der Waals surface area contributed by atoms with Crippen LogP contribution >= 0.6 is 0 Å². The Labute approximate surface area is 198 Å². The molecule has 174 valence electrons. The Kier molecular flexibility index (Phi) is 6.20. The van der Waals surface area contributed by atoms with E-state index in [9.17, 15) is 12.8 Å². The number of anilines is 1. The Morgan fingerprint density at radius 1 is 0.882 bits per heavy atom. The van der Waals surface area contributed by atoms with Gasteiger partial charge in [-0.2, -0.15) is 4.98 Å². The quantitative estimate of drug-likeness (QED) is 0.331. The zero-order valence-corrected chi connectivity index (χ0v) is 19.4. The second kappa shape index (κ2) is 9.43. The molecule has 0 N–H and O–H groups in total. The molecule has 1 saturated heterocycles. The van der Waals surface area contributed by atoms with Crippen LogP contribution in [-0.2, 0) is 16.3 Å². The van der Waals surface area contributed by atoms with Gasteiger partial charge in [-0.25, -0.2) is 12.8 Å². The smallest absolute Gasteiger partial charge is 0.236 e. The number of nitrogens with zero attached hydrogens (tertiary/aromatic N) is 2. The van der Waals surface area contributed by atoms with Gasteiger partial charge in [0.15, 0.2) is 0 Å². The van der Waals surface area contributed by atoms with Crippen LogP contribution in [0.4, 0.5) is 10.3 Å². The topological polar surface area (TPSA) is 63.4 Å². The summed E-state index contributed by atoms with van der Waals surface area (Å²) in [5.74, 6) is 0.529. The summed E-state index contributed by atoms with van der Waals surface area (Å²) in [6.45, 7) is 1.35. The van der Waals surface area contributed by atoms with Crippen LogP contribution in [0, 0.1) is 11.7 Å². The maximum atomic E-state index is 13.5. The standard InChI is InChI=1S/C27H25FN2O3S/c28-23-11-13-24(14-12-23)34(31,32)26-27(33-25(29-26)22-9-5-2-6-10-22)30-17-15-21(16-18-30)19-20-7-3-1-4-8-20/h1-14,21H,15-19H2. The molecule has 7 heteroatoms. The molecule has 1 aromatic heterocycles. The van der Waals surface area contributed by atoms with Gasteiger partial charge in [0.25, 0.3) is 0 Å². The minimum absolute atomic E-state index is 0.0120. The fraction of sp³-hybridized carbons (Fsp3) is 0.222. The molecule has 0 saturated carbocycles. The van der Waals surface area contributed by atoms with E-state index in [0.29, 0.717) is 24.6 Å². The van der Waals surface area contributed by atoms with Crippen molar-refractivity contribution in [3.63, 3.8) is 0 Å². The number of halogens is 1. The molecule has 4 aromatic rings. The van der Waals surface area contributed by atoms with E-state index in [0.717, 1.165) is 31.4 Å². The third kappa shape index (κ3) is 4.61. The summed E-state index contributed by atoms with van der Waals surface area (Å²) >= 11 is 0. The van der Waals surface area contributed by atoms with Gasteiger partial charge in [0.1, 0.15) is 5.82 Å². The predicted molar refractivity (Wildman–Crippen MR) is 129 cm³/mol. The molecule has 2 heterocycles. The molecule has 1 fully saturated rings. The SMILES string of the molecule is O=S(=O)(c1ccc(F)cc1)c1nc(-c2ccccc2)oc1N1CCC(Cc2ccccc2)CC1. The highest BCUT2D eigenvalue weighted by Gasteiger charge is 2.33. The van der Waals surface area contributed by atoms with Gasteiger partial charge in [-0.05, 0) is 67.1 Å². The second-order valence-electron chi connectivity index (χ2n) is 8.57. The van der Waals surface area contributed by atoms with Crippen LogP contribution < -0.4 is 4.90 Å². The Balaban J connectivity index is 1.45. The van der Waals surface area contributed by atoms with Gasteiger partial charge < -0.3 is 9.32 Å². The molecule has 0 amide bonds. The Morgan fingerprint density at radius 3 is 2.15 bits per heavy atom. The number of hydrogen-bond acceptors (Lipinski definition) is 5. The van der Waals surface area contributed by atoms with Gasteiger partial charge in [0.05, 0.1) is 4.90 Å². The summed E-state index contributed by atoms with van der Waals surface area (Å²) in [5, 5.41) is -0.125. The molecule has 0 bridgehead atoms. The van der Waals surface area contributed by atoms with Gasteiger partial charge in [0, 0.05) is 18.7 Å². The number of sulfone groups is 1. The van der Waals surface area contributed by atoms with Crippen molar-refractivity contribution in [3.8, 4) is 11.5 Å². The molecule has 0 unspecified atom stereocenters. The summed E-state index contributed by atoms with van der Waals surface area (Å²) in [7, 11) is -4.00. The van der Waals surface area contributed by atoms with Crippen LogP contribution in [0.3, 0.4) is 0 Å². The lowest BCUT2D eigenvalue weighted by Gasteiger charge is -2.32. The van der Waals surface area contributed by atoms with Gasteiger partial charge in [-0.15, -0.1) is 0 Å². The highest BCUT2D eigenvalue weighted by atomic mass is 32.2. The van der Waals surface area contributed by atoms with Crippen molar-refractivity contribution < 1.29 is 17.2 Å². The van der Waals surface area contributed by atoms with Gasteiger partial charge >= 0.3 is 0 Å². The summed E-state index contributed by atoms with van der Waals surface area (Å²) in [6, 6.07) is 24.4. The van der Waals surface area contributed by atoms with Crippen molar-refractivity contribution >= 4 is 15.7 Å². The summed E-state index contributed by atoms with van der Waals surface area (Å²) < 4.78 is 46.5. The summed E-state index contributed by atoms with van der Waals surface area (Å²) in [6.07, 6.45) is 2.85. The molecule has 0 radical (unpaired) electrons. The average molecular weight is 477 g/mol. The highest BCUT2D eigenvalue weighted by molar-refractivity contribution is 7.91. The second-order valence-corrected chi connectivity index (χ2v) is 10.4. The molecular formula is C27H25FN2O3S. The van der Waals surface area contributed by atoms with Crippen LogP contribution in [0.2, 0.25) is 0 Å². The molecule has 0 atom stereocenters. The normalized spacial score (nSPS) is 14.9. The van der Waals surface area contributed by atoms with E-state index in [1.165, 1.54) is 17.7 Å². The minimum atomic E-state index is -4.00. The van der Waals surface area contributed by atoms with E-state index in [1.54, 1.807) is 0 Å². The van der Waals surface area contributed by atoms with Crippen LogP contribution in [-0.4, -0.2) is 26.5 Å². The van der Waals surface area contributed by atoms with Crippen molar-refractivity contribution in [1.29, 1.82) is 0 Å². The lowest BCUT2D eigenvalue weighted by Crippen LogP contribution is -2.34. The largest absolute Gasteiger partial charge is 0.419 e. The number of rotatable bonds is 6. The number of piperidine rings is 1. The number of benzene rings is 3. The van der Waals surface area contributed by atoms with Gasteiger partial charge in [0.2, 0.25) is 26.6 Å². The van der Waals surface area contributed by atoms with Crippen molar-refractivity contribution in [1.82, 2.24) is 4.98 Å². The van der Waals surface area contributed by atoms with Crippen LogP contribution in [0.25, 0.3) is 11.5 Å². The maximum absolute atomic E-state index is 13.5. The Bertz CT molecular complexity index is 1350. The molecule has 1 aliphatic heterocycles. The Hall–Kier alpha value is -3.45. The van der Waals surface area contributed by atoms with E-state index in [-0.39, 0.29) is 21.7 Å². The number of hydrogen-bond donors (Lipinski definition) is 0. The van der Waals surface area contributed by atoms with Crippen molar-refractivity contribution in [3.05, 3.63) is 96.3 Å². The molecule has 0 aliphatic carbocycles. The summed E-state index contributed by atoms with van der Waals surface area (Å²) in [4.78, 5) is 6.38. The molecule has 34 heavy (non-hydrogen) atoms. The Morgan fingerprint density at radius 2 is 1.50 bits per heavy atom. The van der Waals surface area contributed by atoms with Crippen molar-refractivity contribution in [2.24, 2.45) is 5.92 Å². The first-order valence-electron chi connectivity index (χ1n) is 11.4. The fourth-order valence-electron chi connectivity index (χ4n) is 4.39. The molecule has 0 spiro atoms. The van der Waals surface area contributed by atoms with E-state index in [2.05, 4.69) is 29.2 Å². The van der Waals surface area contributed by atoms with Crippen LogP contribution in [0.5, 0.6) is 0 Å². The van der Waals surface area contributed by atoms with E-state index in [1.807, 2.05) is 41.3 Å². The zero-order chi connectivity index (χ0) is 23.5. The molecule has 5 nitrogen and oxygen atoms in total. The highest BCUT2D eigenvalue weighted by Crippen LogP contribution is 2.36. The van der Waals surface area contributed by atoms with Gasteiger partial charge in [-0.3, -0.25) is 0 Å². The van der Waals surface area contributed by atoms with Crippen LogP contribution in [0.15, 0.2) is 99.3 Å². The van der Waals surface area contributed by atoms with Crippen molar-refractivity contribution in [2.45, 2.75) is 29.2 Å². The third-order valence-electron chi connectivity index (χ3n) is 6.25. The van der Waals surface area contributed by atoms with Crippen LogP contribution in [0.1, 0.15) is 18.4 Å². The first-order valence-corrected chi connectivity index (χ1v) is 12.8. The lowest BCUT2D eigenvalue weighted by atomic mass is 9.90. The first-order chi connectivity index (χ1) is 16.5. The predicted octanol–water partition coefficient (Wildman–Crippen LogP) is 5.77. The lowest BCUT2D eigenvalue weighted by molar-refractivity contribution is 0.387. The summed E-state index contributed by atoms with van der Waals surface area (Å²) in [5.41, 5.74) is 2.01. The average Bonchev–Trinajstić information content (AvgIpc) is 3.33. The molecule has 3 aromatic carbocycles. The molecular weight excluding hydrogens is 451 g/mol. The number of aromatic nitrogens is 1. The monoisotopic (exact) mass is 476 g/mol. The molecule has 5 rings (SSSR count). The maximum Gasteiger partial charge on any atom is 0.236 e. The molecule has 1 aliphatic rings. The van der Waals surface area contributed by atoms with E-state index in [4.69, 9.17) is 4.42 Å². The minimum Gasteiger partial charge on any atom is -0.419 e. The third-order valence-corrected chi connectivity index (χ3v) is 7.92. The van der Waals surface area contributed by atoms with E-state index >= 15 is 0 Å². The number of oxazole rings is 1. The van der Waals surface area contributed by atoms with E-state index < -0.39 is 15.7 Å². The van der Waals surface area contributed by atoms with Crippen molar-refractivity contribution in [2.75, 3.05) is 18.0 Å².